The normalized spacial score (nSPS) is 28.5. The summed E-state index contributed by atoms with van der Waals surface area (Å²) in [6.07, 6.45) is 12.8. The zero-order valence-electron chi connectivity index (χ0n) is 13.1. The summed E-state index contributed by atoms with van der Waals surface area (Å²) in [5.74, 6) is -0.0400. The first-order valence-corrected chi connectivity index (χ1v) is 8.22. The molecule has 0 amide bonds. The quantitative estimate of drug-likeness (QED) is 0.438. The molecule has 20 heavy (non-hydrogen) atoms. The number of esters is 1. The summed E-state index contributed by atoms with van der Waals surface area (Å²) in [5.41, 5.74) is 0.422. The Bertz CT molecular complexity index is 353. The van der Waals surface area contributed by atoms with Crippen molar-refractivity contribution in [3.63, 3.8) is 0 Å². The molecule has 1 fully saturated rings. The molecule has 1 spiro atoms. The number of hydrogen-bond donors (Lipinski definition) is 0. The first kappa shape index (κ1) is 15.6. The van der Waals surface area contributed by atoms with Gasteiger partial charge in [0.1, 0.15) is 6.04 Å². The first-order valence-electron chi connectivity index (χ1n) is 8.22. The van der Waals surface area contributed by atoms with Gasteiger partial charge < -0.3 is 4.74 Å². The Morgan fingerprint density at radius 3 is 2.95 bits per heavy atom. The van der Waals surface area contributed by atoms with E-state index in [9.17, 15) is 4.79 Å². The molecule has 1 heterocycles. The maximum atomic E-state index is 12.1. The van der Waals surface area contributed by atoms with Crippen molar-refractivity contribution in [3.8, 4) is 0 Å². The SMILES string of the molecule is CCCCOC(=O)[C@@H](C)N1CCC[C@]2(CC=CCC2)C1. The Kier molecular flexibility index (Phi) is 5.64. The highest BCUT2D eigenvalue weighted by molar-refractivity contribution is 5.75. The molecule has 2 aliphatic rings. The molecule has 114 valence electrons. The fourth-order valence-electron chi connectivity index (χ4n) is 3.48. The number of carbonyl (C=O) groups excluding carboxylic acids is 1. The van der Waals surface area contributed by atoms with E-state index in [1.54, 1.807) is 0 Å². The van der Waals surface area contributed by atoms with Gasteiger partial charge in [-0.2, -0.15) is 0 Å². The minimum absolute atomic E-state index is 0.0400. The number of piperidine rings is 1. The van der Waals surface area contributed by atoms with Gasteiger partial charge in [0.2, 0.25) is 0 Å². The molecule has 0 aromatic heterocycles. The van der Waals surface area contributed by atoms with Crippen LogP contribution in [0.4, 0.5) is 0 Å². The van der Waals surface area contributed by atoms with Crippen molar-refractivity contribution >= 4 is 5.97 Å². The van der Waals surface area contributed by atoms with Crippen LogP contribution in [-0.2, 0) is 9.53 Å². The number of unbranched alkanes of at least 4 members (excludes halogenated alkanes) is 1. The van der Waals surface area contributed by atoms with Crippen molar-refractivity contribution in [3.05, 3.63) is 12.2 Å². The summed E-state index contributed by atoms with van der Waals surface area (Å²) < 4.78 is 5.38. The van der Waals surface area contributed by atoms with E-state index in [2.05, 4.69) is 24.0 Å². The van der Waals surface area contributed by atoms with Gasteiger partial charge in [0.05, 0.1) is 6.61 Å². The van der Waals surface area contributed by atoms with Gasteiger partial charge in [-0.3, -0.25) is 9.69 Å². The molecule has 1 aliphatic carbocycles. The lowest BCUT2D eigenvalue weighted by Crippen LogP contribution is -2.50. The number of ether oxygens (including phenoxy) is 1. The van der Waals surface area contributed by atoms with Crippen LogP contribution < -0.4 is 0 Å². The highest BCUT2D eigenvalue weighted by atomic mass is 16.5. The number of likely N-dealkylation sites (tertiary alicyclic amines) is 1. The van der Waals surface area contributed by atoms with Crippen molar-refractivity contribution < 1.29 is 9.53 Å². The first-order chi connectivity index (χ1) is 9.67. The highest BCUT2D eigenvalue weighted by Gasteiger charge is 2.38. The smallest absolute Gasteiger partial charge is 0.323 e. The van der Waals surface area contributed by atoms with Crippen LogP contribution in [-0.4, -0.2) is 36.6 Å². The molecule has 1 aliphatic heterocycles. The lowest BCUT2D eigenvalue weighted by atomic mass is 9.71. The van der Waals surface area contributed by atoms with Crippen molar-refractivity contribution in [2.24, 2.45) is 5.41 Å². The Balaban J connectivity index is 1.87. The van der Waals surface area contributed by atoms with E-state index in [1.165, 1.54) is 32.1 Å². The van der Waals surface area contributed by atoms with Crippen LogP contribution in [0.1, 0.15) is 58.8 Å². The summed E-state index contributed by atoms with van der Waals surface area (Å²) >= 11 is 0. The lowest BCUT2D eigenvalue weighted by molar-refractivity contribution is -0.151. The van der Waals surface area contributed by atoms with Crippen LogP contribution in [0.25, 0.3) is 0 Å². The highest BCUT2D eigenvalue weighted by Crippen LogP contribution is 2.41. The van der Waals surface area contributed by atoms with E-state index in [0.717, 1.165) is 25.9 Å². The second kappa shape index (κ2) is 7.26. The molecule has 0 aromatic rings. The molecular formula is C17H29NO2. The minimum Gasteiger partial charge on any atom is -0.465 e. The summed E-state index contributed by atoms with van der Waals surface area (Å²) in [6, 6.07) is -0.0880. The molecule has 1 saturated heterocycles. The van der Waals surface area contributed by atoms with Crippen LogP contribution in [0.3, 0.4) is 0 Å². The van der Waals surface area contributed by atoms with Gasteiger partial charge in [0, 0.05) is 6.54 Å². The molecule has 0 saturated carbocycles. The van der Waals surface area contributed by atoms with Gasteiger partial charge in [-0.15, -0.1) is 0 Å². The average Bonchev–Trinajstić information content (AvgIpc) is 2.47. The monoisotopic (exact) mass is 279 g/mol. The van der Waals surface area contributed by atoms with E-state index < -0.39 is 0 Å². The maximum Gasteiger partial charge on any atom is 0.323 e. The number of allylic oxidation sites excluding steroid dienone is 2. The van der Waals surface area contributed by atoms with Gasteiger partial charge in [-0.05, 0) is 57.4 Å². The number of nitrogens with zero attached hydrogens (tertiary/aromatic N) is 1. The molecule has 0 bridgehead atoms. The van der Waals surface area contributed by atoms with Crippen molar-refractivity contribution in [2.75, 3.05) is 19.7 Å². The lowest BCUT2D eigenvalue weighted by Gasteiger charge is -2.45. The van der Waals surface area contributed by atoms with E-state index >= 15 is 0 Å². The molecule has 2 rings (SSSR count). The number of carbonyl (C=O) groups is 1. The summed E-state index contributed by atoms with van der Waals surface area (Å²) in [7, 11) is 0. The van der Waals surface area contributed by atoms with Gasteiger partial charge >= 0.3 is 5.97 Å². The van der Waals surface area contributed by atoms with Crippen LogP contribution in [0, 0.1) is 5.41 Å². The van der Waals surface area contributed by atoms with Crippen molar-refractivity contribution in [2.45, 2.75) is 64.8 Å². The second-order valence-corrected chi connectivity index (χ2v) is 6.49. The number of rotatable bonds is 5. The Morgan fingerprint density at radius 1 is 1.40 bits per heavy atom. The number of hydrogen-bond acceptors (Lipinski definition) is 3. The zero-order chi connectivity index (χ0) is 14.4. The molecule has 3 nitrogen and oxygen atoms in total. The minimum atomic E-state index is -0.0880. The fraction of sp³-hybridized carbons (Fsp3) is 0.824. The Morgan fingerprint density at radius 2 is 2.25 bits per heavy atom. The van der Waals surface area contributed by atoms with Crippen molar-refractivity contribution in [1.82, 2.24) is 4.90 Å². The fourth-order valence-corrected chi connectivity index (χ4v) is 3.48. The predicted octanol–water partition coefficient (Wildman–Crippen LogP) is 3.54. The van der Waals surface area contributed by atoms with E-state index in [4.69, 9.17) is 4.74 Å². The van der Waals surface area contributed by atoms with Crippen LogP contribution in [0.2, 0.25) is 0 Å². The van der Waals surface area contributed by atoms with Gasteiger partial charge in [0.25, 0.3) is 0 Å². The third kappa shape index (κ3) is 3.85. The third-order valence-corrected chi connectivity index (χ3v) is 4.88. The van der Waals surface area contributed by atoms with Crippen LogP contribution in [0.5, 0.6) is 0 Å². The zero-order valence-corrected chi connectivity index (χ0v) is 13.1. The van der Waals surface area contributed by atoms with Gasteiger partial charge in [0.15, 0.2) is 0 Å². The van der Waals surface area contributed by atoms with E-state index in [0.29, 0.717) is 12.0 Å². The molecule has 2 atom stereocenters. The predicted molar refractivity (Wildman–Crippen MR) is 81.6 cm³/mol. The third-order valence-electron chi connectivity index (χ3n) is 4.88. The standard InChI is InChI=1S/C17H29NO2/c1-3-4-13-20-16(19)15(2)18-12-8-11-17(14-18)9-6-5-7-10-17/h5-6,15H,3-4,7-14H2,1-2H3/t15-,17-/m1/s1. The van der Waals surface area contributed by atoms with Crippen LogP contribution >= 0.6 is 0 Å². The van der Waals surface area contributed by atoms with Crippen LogP contribution in [0.15, 0.2) is 12.2 Å². The summed E-state index contributed by atoms with van der Waals surface area (Å²) in [5, 5.41) is 0. The molecule has 0 radical (unpaired) electrons. The van der Waals surface area contributed by atoms with Gasteiger partial charge in [-0.25, -0.2) is 0 Å². The molecule has 0 unspecified atom stereocenters. The molecule has 3 heteroatoms. The van der Waals surface area contributed by atoms with E-state index in [-0.39, 0.29) is 12.0 Å². The van der Waals surface area contributed by atoms with E-state index in [1.807, 2.05) is 6.92 Å². The summed E-state index contributed by atoms with van der Waals surface area (Å²) in [6.45, 7) is 6.78. The largest absolute Gasteiger partial charge is 0.465 e. The van der Waals surface area contributed by atoms with Gasteiger partial charge in [-0.1, -0.05) is 25.5 Å². The molecular weight excluding hydrogens is 250 g/mol. The second-order valence-electron chi connectivity index (χ2n) is 6.49. The molecule has 0 aromatic carbocycles. The Hall–Kier alpha value is -0.830. The maximum absolute atomic E-state index is 12.1. The summed E-state index contributed by atoms with van der Waals surface area (Å²) in [4.78, 5) is 14.5. The average molecular weight is 279 g/mol. The topological polar surface area (TPSA) is 29.5 Å². The molecule has 0 N–H and O–H groups in total. The Labute approximate surface area is 123 Å². The van der Waals surface area contributed by atoms with Crippen molar-refractivity contribution in [1.29, 1.82) is 0 Å².